The van der Waals surface area contributed by atoms with Crippen molar-refractivity contribution < 1.29 is 8.85 Å². The molecule has 1 aromatic carbocycles. The SMILES string of the molecule is [2H]C([2H])([2H])Oc1cc2c(cnn2C)nc1-c1cccc(C)c1C. The van der Waals surface area contributed by atoms with Gasteiger partial charge in [-0.2, -0.15) is 5.10 Å². The Balaban J connectivity index is 2.29. The number of fused-ring (bicyclic) bond motifs is 1. The van der Waals surface area contributed by atoms with E-state index in [2.05, 4.69) is 10.1 Å². The van der Waals surface area contributed by atoms with Crippen molar-refractivity contribution in [2.75, 3.05) is 7.04 Å². The molecule has 0 saturated carbocycles. The molecule has 0 saturated heterocycles. The fourth-order valence-electron chi connectivity index (χ4n) is 2.34. The van der Waals surface area contributed by atoms with Gasteiger partial charge in [-0.1, -0.05) is 18.2 Å². The molecule has 0 unspecified atom stereocenters. The highest BCUT2D eigenvalue weighted by molar-refractivity contribution is 5.83. The van der Waals surface area contributed by atoms with Gasteiger partial charge in [0.05, 0.1) is 22.9 Å². The van der Waals surface area contributed by atoms with Gasteiger partial charge in [-0.25, -0.2) is 4.98 Å². The van der Waals surface area contributed by atoms with Crippen LogP contribution < -0.4 is 4.74 Å². The minimum atomic E-state index is -2.54. The maximum atomic E-state index is 7.41. The second kappa shape index (κ2) is 4.63. The van der Waals surface area contributed by atoms with Crippen LogP contribution in [0.3, 0.4) is 0 Å². The summed E-state index contributed by atoms with van der Waals surface area (Å²) in [6, 6.07) is 7.52. The van der Waals surface area contributed by atoms with Gasteiger partial charge in [0.1, 0.15) is 17.0 Å². The first kappa shape index (κ1) is 9.53. The summed E-state index contributed by atoms with van der Waals surface area (Å²) >= 11 is 0. The molecular weight excluding hydrogens is 250 g/mol. The van der Waals surface area contributed by atoms with Gasteiger partial charge >= 0.3 is 0 Å². The lowest BCUT2D eigenvalue weighted by molar-refractivity contribution is 0.415. The molecule has 3 rings (SSSR count). The van der Waals surface area contributed by atoms with Crippen LogP contribution in [-0.2, 0) is 7.05 Å². The lowest BCUT2D eigenvalue weighted by atomic mass is 10.00. The first-order valence-electron chi connectivity index (χ1n) is 7.84. The van der Waals surface area contributed by atoms with E-state index >= 15 is 0 Å². The summed E-state index contributed by atoms with van der Waals surface area (Å²) in [7, 11) is -0.763. The molecule has 102 valence electrons. The monoisotopic (exact) mass is 270 g/mol. The Kier molecular flexibility index (Phi) is 2.21. The standard InChI is InChI=1S/C16H17N3O/c1-10-6-5-7-12(11(10)2)16-15(20-4)8-14-13(18-16)9-17-19(14)3/h5-9H,1-4H3/i4D3. The summed E-state index contributed by atoms with van der Waals surface area (Å²) in [4.78, 5) is 4.59. The van der Waals surface area contributed by atoms with E-state index in [0.29, 0.717) is 11.2 Å². The molecular formula is C16H17N3O. The lowest BCUT2D eigenvalue weighted by Gasteiger charge is -2.12. The van der Waals surface area contributed by atoms with Crippen molar-refractivity contribution in [3.8, 4) is 17.0 Å². The number of aromatic nitrogens is 3. The third kappa shape index (κ3) is 1.84. The van der Waals surface area contributed by atoms with Crippen LogP contribution in [0.5, 0.6) is 5.75 Å². The van der Waals surface area contributed by atoms with Crippen molar-refractivity contribution in [2.45, 2.75) is 13.8 Å². The zero-order valence-corrected chi connectivity index (χ0v) is 11.6. The Bertz CT molecular complexity index is 884. The van der Waals surface area contributed by atoms with E-state index in [1.807, 2.05) is 32.0 Å². The van der Waals surface area contributed by atoms with Crippen molar-refractivity contribution >= 4 is 11.0 Å². The molecule has 3 aromatic rings. The molecule has 0 fully saturated rings. The number of ether oxygens (including phenoxy) is 1. The van der Waals surface area contributed by atoms with Crippen LogP contribution in [0.1, 0.15) is 15.2 Å². The molecule has 0 atom stereocenters. The molecule has 4 heteroatoms. The summed E-state index contributed by atoms with van der Waals surface area (Å²) in [6.45, 7) is 3.99. The van der Waals surface area contributed by atoms with Gasteiger partial charge in [-0.3, -0.25) is 4.68 Å². The van der Waals surface area contributed by atoms with E-state index in [4.69, 9.17) is 8.85 Å². The molecule has 2 heterocycles. The molecule has 0 spiro atoms. The highest BCUT2D eigenvalue weighted by atomic mass is 16.5. The first-order chi connectivity index (χ1) is 10.8. The van der Waals surface area contributed by atoms with Gasteiger partial charge in [0.15, 0.2) is 0 Å². The number of methoxy groups -OCH3 is 1. The van der Waals surface area contributed by atoms with Crippen molar-refractivity contribution in [3.05, 3.63) is 41.6 Å². The Labute approximate surface area is 122 Å². The van der Waals surface area contributed by atoms with Crippen LogP contribution in [0.15, 0.2) is 30.5 Å². The van der Waals surface area contributed by atoms with Crippen LogP contribution in [-0.4, -0.2) is 21.8 Å². The smallest absolute Gasteiger partial charge is 0.147 e. The van der Waals surface area contributed by atoms with Gasteiger partial charge in [0.25, 0.3) is 0 Å². The predicted molar refractivity (Wildman–Crippen MR) is 80.0 cm³/mol. The van der Waals surface area contributed by atoms with Gasteiger partial charge in [-0.15, -0.1) is 0 Å². The molecule has 0 N–H and O–H groups in total. The number of hydrogen-bond acceptors (Lipinski definition) is 3. The summed E-state index contributed by atoms with van der Waals surface area (Å²) in [5.41, 5.74) is 4.94. The van der Waals surface area contributed by atoms with E-state index < -0.39 is 7.04 Å². The topological polar surface area (TPSA) is 39.9 Å². The predicted octanol–water partition coefficient (Wildman–Crippen LogP) is 3.26. The van der Waals surface area contributed by atoms with Gasteiger partial charge in [0, 0.05) is 18.7 Å². The number of pyridine rings is 1. The number of hydrogen-bond donors (Lipinski definition) is 0. The Hall–Kier alpha value is -2.36. The molecule has 0 amide bonds. The van der Waals surface area contributed by atoms with Crippen molar-refractivity contribution in [1.82, 2.24) is 14.8 Å². The third-order valence-electron chi connectivity index (χ3n) is 3.67. The lowest BCUT2D eigenvalue weighted by Crippen LogP contribution is -1.96. The largest absolute Gasteiger partial charge is 0.494 e. The minimum Gasteiger partial charge on any atom is -0.494 e. The third-order valence-corrected chi connectivity index (χ3v) is 3.67. The molecule has 0 aliphatic rings. The molecule has 4 nitrogen and oxygen atoms in total. The average molecular weight is 270 g/mol. The number of aryl methyl sites for hydroxylation is 2. The Morgan fingerprint density at radius 3 is 2.95 bits per heavy atom. The second-order valence-electron chi connectivity index (χ2n) is 4.86. The number of benzene rings is 1. The first-order valence-corrected chi connectivity index (χ1v) is 6.34. The fraction of sp³-hybridized carbons (Fsp3) is 0.250. The molecule has 0 aliphatic carbocycles. The van der Waals surface area contributed by atoms with E-state index in [1.54, 1.807) is 24.0 Å². The van der Waals surface area contributed by atoms with Crippen molar-refractivity contribution in [1.29, 1.82) is 0 Å². The summed E-state index contributed by atoms with van der Waals surface area (Å²) in [5.74, 6) is 0.231. The Morgan fingerprint density at radius 1 is 1.30 bits per heavy atom. The van der Waals surface area contributed by atoms with E-state index in [0.717, 1.165) is 22.2 Å². The van der Waals surface area contributed by atoms with Crippen molar-refractivity contribution in [3.63, 3.8) is 0 Å². The van der Waals surface area contributed by atoms with Crippen LogP contribution in [0.2, 0.25) is 0 Å². The zero-order valence-electron chi connectivity index (χ0n) is 14.6. The van der Waals surface area contributed by atoms with E-state index in [-0.39, 0.29) is 5.75 Å². The minimum absolute atomic E-state index is 0.231. The highest BCUT2D eigenvalue weighted by Crippen LogP contribution is 2.33. The quantitative estimate of drug-likeness (QED) is 0.717. The van der Waals surface area contributed by atoms with Crippen LogP contribution in [0.4, 0.5) is 0 Å². The summed E-state index contributed by atoms with van der Waals surface area (Å²) in [5, 5.41) is 4.17. The van der Waals surface area contributed by atoms with Gasteiger partial charge < -0.3 is 4.74 Å². The van der Waals surface area contributed by atoms with Gasteiger partial charge in [-0.05, 0) is 25.0 Å². The highest BCUT2D eigenvalue weighted by Gasteiger charge is 2.14. The zero-order chi connectivity index (χ0) is 16.8. The van der Waals surface area contributed by atoms with Crippen LogP contribution in [0, 0.1) is 13.8 Å². The molecule has 0 radical (unpaired) electrons. The van der Waals surface area contributed by atoms with E-state index in [9.17, 15) is 0 Å². The second-order valence-corrected chi connectivity index (χ2v) is 4.86. The average Bonchev–Trinajstić information content (AvgIpc) is 2.81. The summed E-state index contributed by atoms with van der Waals surface area (Å²) in [6.07, 6.45) is 1.66. The molecule has 2 aromatic heterocycles. The normalized spacial score (nSPS) is 13.8. The molecule has 0 bridgehead atoms. The van der Waals surface area contributed by atoms with Crippen LogP contribution in [0.25, 0.3) is 22.3 Å². The number of rotatable bonds is 2. The van der Waals surface area contributed by atoms with Gasteiger partial charge in [0.2, 0.25) is 0 Å². The molecule has 0 aliphatic heterocycles. The maximum Gasteiger partial charge on any atom is 0.147 e. The Morgan fingerprint density at radius 2 is 2.15 bits per heavy atom. The van der Waals surface area contributed by atoms with Crippen LogP contribution >= 0.6 is 0 Å². The number of nitrogens with zero attached hydrogens (tertiary/aromatic N) is 3. The fourth-order valence-corrected chi connectivity index (χ4v) is 2.34. The summed E-state index contributed by atoms with van der Waals surface area (Å²) < 4.78 is 29.1. The van der Waals surface area contributed by atoms with E-state index in [1.165, 1.54) is 0 Å². The maximum absolute atomic E-state index is 7.41. The molecule has 20 heavy (non-hydrogen) atoms. The van der Waals surface area contributed by atoms with Crippen molar-refractivity contribution in [2.24, 2.45) is 7.05 Å².